The Morgan fingerprint density at radius 1 is 1.00 bits per heavy atom. The van der Waals surface area contributed by atoms with E-state index in [1.165, 1.54) is 13.8 Å². The van der Waals surface area contributed by atoms with Gasteiger partial charge in [0.25, 0.3) is 0 Å². The van der Waals surface area contributed by atoms with Gasteiger partial charge in [0.05, 0.1) is 6.61 Å². The summed E-state index contributed by atoms with van der Waals surface area (Å²) < 4.78 is 65.8. The Labute approximate surface area is 262 Å². The highest BCUT2D eigenvalue weighted by atomic mass is 31.2. The number of nitrogens with zero attached hydrogens (tertiary/aromatic N) is 2. The zero-order valence-corrected chi connectivity index (χ0v) is 25.7. The molecule has 2 aromatic carbocycles. The number of nitrogens with one attached hydrogen (secondary N) is 2. The molecule has 0 bridgehead atoms. The lowest BCUT2D eigenvalue weighted by Crippen LogP contribution is -2.44. The molecule has 17 heteroatoms. The molecule has 0 spiro atoms. The first-order valence-electron chi connectivity index (χ1n) is 14.1. The monoisotopic (exact) mass is 665 g/mol. The summed E-state index contributed by atoms with van der Waals surface area (Å²) in [5.74, 6) is -5.90. The van der Waals surface area contributed by atoms with Gasteiger partial charge in [0, 0.05) is 6.20 Å². The Bertz CT molecular complexity index is 1530. The average molecular weight is 666 g/mol. The van der Waals surface area contributed by atoms with Crippen LogP contribution in [0.2, 0.25) is 0 Å². The zero-order valence-electron chi connectivity index (χ0n) is 24.8. The minimum Gasteiger partial charge on any atom is -0.460 e. The number of ether oxygens (including phenoxy) is 3. The van der Waals surface area contributed by atoms with Gasteiger partial charge in [0.2, 0.25) is 6.23 Å². The van der Waals surface area contributed by atoms with Crippen molar-refractivity contribution < 1.29 is 46.8 Å². The van der Waals surface area contributed by atoms with Crippen LogP contribution in [0.3, 0.4) is 0 Å². The maximum atomic E-state index is 15.0. The topological polar surface area (TPSA) is 193 Å². The molecular formula is C29H34F2N5O9P. The lowest BCUT2D eigenvalue weighted by atomic mass is 10.1. The highest BCUT2D eigenvalue weighted by molar-refractivity contribution is 7.54. The molecule has 4 rings (SSSR count). The number of alkyl halides is 2. The number of aliphatic hydroxyl groups is 1. The molecule has 1 aliphatic heterocycles. The summed E-state index contributed by atoms with van der Waals surface area (Å²) in [7, 11) is -4.49. The van der Waals surface area contributed by atoms with Crippen LogP contribution in [0.4, 0.5) is 14.6 Å². The zero-order chi connectivity index (χ0) is 33.5. The first-order chi connectivity index (χ1) is 21.8. The second kappa shape index (κ2) is 15.0. The van der Waals surface area contributed by atoms with Crippen LogP contribution in [0.1, 0.15) is 31.2 Å². The van der Waals surface area contributed by atoms with Crippen LogP contribution in [-0.2, 0) is 46.1 Å². The van der Waals surface area contributed by atoms with Crippen LogP contribution in [0.25, 0.3) is 0 Å². The van der Waals surface area contributed by atoms with E-state index < -0.39 is 68.3 Å². The van der Waals surface area contributed by atoms with E-state index >= 15 is 8.78 Å². The van der Waals surface area contributed by atoms with E-state index in [0.29, 0.717) is 15.7 Å². The number of nitrogen functional groups attached to an aromatic ring is 1. The number of aliphatic hydroxyl groups excluding tert-OH is 1. The Morgan fingerprint density at radius 2 is 1.50 bits per heavy atom. The number of rotatable bonds is 14. The third-order valence-electron chi connectivity index (χ3n) is 6.79. The molecule has 46 heavy (non-hydrogen) atoms. The van der Waals surface area contributed by atoms with Gasteiger partial charge in [-0.15, -0.1) is 0 Å². The minimum atomic E-state index is -4.49. The summed E-state index contributed by atoms with van der Waals surface area (Å²) >= 11 is 0. The number of carbonyl (C=O) groups is 2. The molecule has 1 fully saturated rings. The molecule has 1 unspecified atom stereocenters. The summed E-state index contributed by atoms with van der Waals surface area (Å²) in [5, 5.41) is 15.3. The van der Waals surface area contributed by atoms with E-state index in [4.69, 9.17) is 24.5 Å². The molecule has 1 aliphatic rings. The Hall–Kier alpha value is -4.05. The molecule has 0 radical (unpaired) electrons. The van der Waals surface area contributed by atoms with Crippen LogP contribution in [-0.4, -0.2) is 63.4 Å². The van der Waals surface area contributed by atoms with Gasteiger partial charge in [-0.25, -0.2) is 15.0 Å². The van der Waals surface area contributed by atoms with E-state index in [0.717, 1.165) is 12.3 Å². The molecule has 1 aromatic heterocycles. The lowest BCUT2D eigenvalue weighted by molar-refractivity contribution is -0.147. The van der Waals surface area contributed by atoms with Gasteiger partial charge in [0.15, 0.2) is 6.10 Å². The largest absolute Gasteiger partial charge is 0.460 e. The molecule has 14 nitrogen and oxygen atoms in total. The maximum absolute atomic E-state index is 15.0. The van der Waals surface area contributed by atoms with Gasteiger partial charge >= 0.3 is 31.2 Å². The van der Waals surface area contributed by atoms with E-state index in [1.807, 2.05) is 0 Å². The van der Waals surface area contributed by atoms with Gasteiger partial charge in [-0.05, 0) is 31.0 Å². The predicted molar refractivity (Wildman–Crippen MR) is 159 cm³/mol. The van der Waals surface area contributed by atoms with E-state index in [-0.39, 0.29) is 19.0 Å². The van der Waals surface area contributed by atoms with Crippen molar-refractivity contribution in [3.63, 3.8) is 0 Å². The molecule has 1 saturated heterocycles. The van der Waals surface area contributed by atoms with Crippen LogP contribution in [0, 0.1) is 0 Å². The molecular weight excluding hydrogens is 631 g/mol. The predicted octanol–water partition coefficient (Wildman–Crippen LogP) is 2.29. The summed E-state index contributed by atoms with van der Waals surface area (Å²) in [6.45, 7) is 1.51. The van der Waals surface area contributed by atoms with Gasteiger partial charge in [-0.1, -0.05) is 60.7 Å². The van der Waals surface area contributed by atoms with Crippen molar-refractivity contribution in [2.75, 3.05) is 12.3 Å². The van der Waals surface area contributed by atoms with Gasteiger partial charge in [-0.2, -0.15) is 13.8 Å². The average Bonchev–Trinajstić information content (AvgIpc) is 3.25. The summed E-state index contributed by atoms with van der Waals surface area (Å²) in [6, 6.07) is 16.0. The summed E-state index contributed by atoms with van der Waals surface area (Å²) in [5.41, 5.74) is 5.65. The van der Waals surface area contributed by atoms with Gasteiger partial charge in [-0.3, -0.25) is 18.7 Å². The number of anilines is 1. The fourth-order valence-corrected chi connectivity index (χ4v) is 6.13. The highest BCUT2D eigenvalue weighted by Crippen LogP contribution is 2.45. The molecule has 0 aliphatic carbocycles. The minimum absolute atomic E-state index is 0.0928. The van der Waals surface area contributed by atoms with Gasteiger partial charge < -0.3 is 29.6 Å². The Morgan fingerprint density at radius 3 is 1.98 bits per heavy atom. The van der Waals surface area contributed by atoms with Crippen molar-refractivity contribution in [2.45, 2.75) is 63.5 Å². The van der Waals surface area contributed by atoms with Crippen molar-refractivity contribution in [2.24, 2.45) is 0 Å². The quantitative estimate of drug-likeness (QED) is 0.145. The fourth-order valence-electron chi connectivity index (χ4n) is 4.32. The number of carbonyl (C=O) groups excluding carboxylic acids is 2. The van der Waals surface area contributed by atoms with Crippen molar-refractivity contribution in [3.8, 4) is 0 Å². The third-order valence-corrected chi connectivity index (χ3v) is 8.75. The SMILES string of the molecule is C[C@H](NP(=O)(N[C@@H](C)C(=O)OCc1ccccc1)OC[C@H]1O[C@@H](n2ccc(N)nc2=O)C(F)(F)C1O)C(=O)OCc1ccccc1. The first-order valence-corrected chi connectivity index (χ1v) is 15.7. The second-order valence-corrected chi connectivity index (χ2v) is 12.3. The number of esters is 2. The molecule has 5 N–H and O–H groups in total. The highest BCUT2D eigenvalue weighted by Gasteiger charge is 2.60. The molecule has 3 aromatic rings. The van der Waals surface area contributed by atoms with E-state index in [1.54, 1.807) is 60.7 Å². The summed E-state index contributed by atoms with van der Waals surface area (Å²) in [4.78, 5) is 41.1. The van der Waals surface area contributed by atoms with Crippen LogP contribution >= 0.6 is 7.67 Å². The number of hydrogen-bond donors (Lipinski definition) is 4. The molecule has 2 heterocycles. The molecule has 0 saturated carbocycles. The van der Waals surface area contributed by atoms with Crippen LogP contribution in [0.15, 0.2) is 77.7 Å². The molecule has 5 atom stereocenters. The normalized spacial score (nSPS) is 20.5. The van der Waals surface area contributed by atoms with Crippen molar-refractivity contribution >= 4 is 25.4 Å². The Kier molecular flexibility index (Phi) is 11.4. The standard InChI is InChI=1S/C29H34F2N5O9P/c1-18(25(38)42-15-20-9-5-3-6-10-20)34-46(41,35-19(2)26(39)43-16-21-11-7-4-8-12-21)44-17-22-24(37)29(30,31)27(45-22)36-14-13-23(32)33-28(36)40/h3-14,18-19,22,24,27,37H,15-17H2,1-2H3,(H2,32,33,40)(H2,34,35,41)/t18-,19-,22+,24?,27+/m0/s1. The number of hydrogen-bond acceptors (Lipinski definition) is 11. The van der Waals surface area contributed by atoms with E-state index in [9.17, 15) is 24.1 Å². The van der Waals surface area contributed by atoms with Crippen molar-refractivity contribution in [1.29, 1.82) is 0 Å². The lowest BCUT2D eigenvalue weighted by Gasteiger charge is -2.27. The number of benzene rings is 2. The smallest absolute Gasteiger partial charge is 0.351 e. The van der Waals surface area contributed by atoms with Crippen molar-refractivity contribution in [3.05, 3.63) is 94.5 Å². The summed E-state index contributed by atoms with van der Waals surface area (Å²) in [6.07, 6.45) is -5.70. The Balaban J connectivity index is 1.47. The van der Waals surface area contributed by atoms with E-state index in [2.05, 4.69) is 15.2 Å². The number of nitrogens with two attached hydrogens (primary N) is 1. The number of aromatic nitrogens is 2. The fraction of sp³-hybridized carbons (Fsp3) is 0.379. The second-order valence-electron chi connectivity index (χ2n) is 10.4. The number of halogens is 2. The maximum Gasteiger partial charge on any atom is 0.351 e. The molecule has 0 amide bonds. The van der Waals surface area contributed by atoms with Gasteiger partial charge in [0.1, 0.15) is 37.2 Å². The first kappa shape index (κ1) is 34.8. The van der Waals surface area contributed by atoms with Crippen LogP contribution < -0.4 is 21.6 Å². The van der Waals surface area contributed by atoms with Crippen molar-refractivity contribution in [1.82, 2.24) is 19.7 Å². The molecule has 248 valence electrons. The third kappa shape index (κ3) is 8.81. The van der Waals surface area contributed by atoms with Crippen LogP contribution in [0.5, 0.6) is 0 Å².